The van der Waals surface area contributed by atoms with Gasteiger partial charge < -0.3 is 9.84 Å². The second-order valence-electron chi connectivity index (χ2n) is 4.48. The van der Waals surface area contributed by atoms with E-state index in [1.54, 1.807) is 19.1 Å². The van der Waals surface area contributed by atoms with Gasteiger partial charge in [0.2, 0.25) is 0 Å². The lowest BCUT2D eigenvalue weighted by Crippen LogP contribution is -2.16. The minimum absolute atomic E-state index is 0.0116. The quantitative estimate of drug-likeness (QED) is 0.776. The molecule has 2 aromatic carbocycles. The Kier molecular flexibility index (Phi) is 5.27. The lowest BCUT2D eigenvalue weighted by atomic mass is 10.2. The van der Waals surface area contributed by atoms with E-state index in [1.807, 2.05) is 0 Å². The van der Waals surface area contributed by atoms with Gasteiger partial charge in [-0.3, -0.25) is 4.72 Å². The number of benzene rings is 2. The van der Waals surface area contributed by atoms with Crippen LogP contribution >= 0.6 is 15.9 Å². The molecule has 0 heterocycles. The van der Waals surface area contributed by atoms with Crippen molar-refractivity contribution >= 4 is 37.6 Å². The van der Waals surface area contributed by atoms with Crippen molar-refractivity contribution in [3.8, 4) is 5.75 Å². The van der Waals surface area contributed by atoms with Crippen molar-refractivity contribution in [3.63, 3.8) is 0 Å². The van der Waals surface area contributed by atoms with Crippen LogP contribution in [0.2, 0.25) is 0 Å². The fourth-order valence-corrected chi connectivity index (χ4v) is 3.69. The lowest BCUT2D eigenvalue weighted by Gasteiger charge is -2.14. The summed E-state index contributed by atoms with van der Waals surface area (Å²) in [6.45, 7) is 2.04. The first kappa shape index (κ1) is 17.3. The van der Waals surface area contributed by atoms with E-state index in [1.165, 1.54) is 30.3 Å². The van der Waals surface area contributed by atoms with E-state index in [9.17, 15) is 13.2 Å². The third kappa shape index (κ3) is 4.02. The molecule has 0 atom stereocenters. The number of rotatable bonds is 6. The van der Waals surface area contributed by atoms with E-state index in [0.29, 0.717) is 11.1 Å². The van der Waals surface area contributed by atoms with Gasteiger partial charge in [-0.25, -0.2) is 13.2 Å². The van der Waals surface area contributed by atoms with Crippen molar-refractivity contribution in [1.29, 1.82) is 0 Å². The van der Waals surface area contributed by atoms with Crippen LogP contribution in [0.4, 0.5) is 5.69 Å². The molecule has 0 unspecified atom stereocenters. The first-order chi connectivity index (χ1) is 10.8. The van der Waals surface area contributed by atoms with E-state index in [-0.39, 0.29) is 21.9 Å². The van der Waals surface area contributed by atoms with Crippen LogP contribution in [0.5, 0.6) is 5.75 Å². The number of hydrogen-bond donors (Lipinski definition) is 2. The van der Waals surface area contributed by atoms with Crippen molar-refractivity contribution in [2.24, 2.45) is 0 Å². The highest BCUT2D eigenvalue weighted by molar-refractivity contribution is 9.10. The van der Waals surface area contributed by atoms with Crippen molar-refractivity contribution in [2.75, 3.05) is 11.3 Å². The predicted molar refractivity (Wildman–Crippen MR) is 89.5 cm³/mol. The summed E-state index contributed by atoms with van der Waals surface area (Å²) in [5, 5.41) is 9.15. The largest absolute Gasteiger partial charge is 0.492 e. The number of halogens is 1. The Bertz CT molecular complexity index is 836. The number of para-hydroxylation sites is 1. The van der Waals surface area contributed by atoms with Gasteiger partial charge in [0, 0.05) is 4.47 Å². The maximum absolute atomic E-state index is 12.6. The number of anilines is 1. The predicted octanol–water partition coefficient (Wildman–Crippen LogP) is 3.35. The topological polar surface area (TPSA) is 92.7 Å². The maximum Gasteiger partial charge on any atom is 0.337 e. The number of carboxylic acids is 1. The summed E-state index contributed by atoms with van der Waals surface area (Å²) in [5.41, 5.74) is -0.147. The third-order valence-electron chi connectivity index (χ3n) is 2.90. The van der Waals surface area contributed by atoms with Gasteiger partial charge in [-0.1, -0.05) is 28.1 Å². The molecule has 6 nitrogen and oxygen atoms in total. The molecule has 0 aliphatic carbocycles. The normalized spacial score (nSPS) is 11.0. The molecule has 0 bridgehead atoms. The van der Waals surface area contributed by atoms with Crippen molar-refractivity contribution in [3.05, 3.63) is 52.5 Å². The Morgan fingerprint density at radius 2 is 1.96 bits per heavy atom. The third-order valence-corrected chi connectivity index (χ3v) is 4.78. The molecule has 0 fully saturated rings. The fraction of sp³-hybridized carbons (Fsp3) is 0.133. The summed E-state index contributed by atoms with van der Waals surface area (Å²) >= 11 is 3.22. The second-order valence-corrected chi connectivity index (χ2v) is 7.05. The number of nitrogens with one attached hydrogen (secondary N) is 1. The van der Waals surface area contributed by atoms with Gasteiger partial charge in [-0.05, 0) is 37.3 Å². The molecule has 2 aromatic rings. The Hall–Kier alpha value is -2.06. The molecule has 8 heteroatoms. The minimum Gasteiger partial charge on any atom is -0.492 e. The molecule has 0 saturated heterocycles. The zero-order chi connectivity index (χ0) is 17.0. The van der Waals surface area contributed by atoms with Crippen LogP contribution < -0.4 is 9.46 Å². The van der Waals surface area contributed by atoms with E-state index in [0.717, 1.165) is 0 Å². The highest BCUT2D eigenvalue weighted by Crippen LogP contribution is 2.30. The molecule has 0 aromatic heterocycles. The highest BCUT2D eigenvalue weighted by Gasteiger charge is 2.22. The van der Waals surface area contributed by atoms with Crippen LogP contribution in [0.25, 0.3) is 0 Å². The van der Waals surface area contributed by atoms with Crippen molar-refractivity contribution in [1.82, 2.24) is 0 Å². The lowest BCUT2D eigenvalue weighted by molar-refractivity contribution is 0.0698. The van der Waals surface area contributed by atoms with Gasteiger partial charge in [0.15, 0.2) is 0 Å². The second kappa shape index (κ2) is 7.01. The molecule has 0 amide bonds. The van der Waals surface area contributed by atoms with Crippen molar-refractivity contribution < 1.29 is 23.1 Å². The number of sulfonamides is 1. The van der Waals surface area contributed by atoms with Crippen LogP contribution in [-0.2, 0) is 10.0 Å². The van der Waals surface area contributed by atoms with Crippen LogP contribution in [0.3, 0.4) is 0 Å². The monoisotopic (exact) mass is 399 g/mol. The van der Waals surface area contributed by atoms with Crippen LogP contribution in [-0.4, -0.2) is 26.1 Å². The fourth-order valence-electron chi connectivity index (χ4n) is 1.93. The summed E-state index contributed by atoms with van der Waals surface area (Å²) in [5.74, 6) is -1.03. The molecular formula is C15H14BrNO5S. The number of aromatic carboxylic acids is 1. The van der Waals surface area contributed by atoms with E-state index >= 15 is 0 Å². The smallest absolute Gasteiger partial charge is 0.337 e. The number of hydrogen-bond acceptors (Lipinski definition) is 4. The maximum atomic E-state index is 12.6. The molecule has 2 N–H and O–H groups in total. The molecule has 23 heavy (non-hydrogen) atoms. The Morgan fingerprint density at radius 3 is 2.61 bits per heavy atom. The summed E-state index contributed by atoms with van der Waals surface area (Å²) in [6.07, 6.45) is 0. The summed E-state index contributed by atoms with van der Waals surface area (Å²) in [6, 6.07) is 10.4. The first-order valence-corrected chi connectivity index (χ1v) is 8.90. The van der Waals surface area contributed by atoms with Gasteiger partial charge in [-0.2, -0.15) is 0 Å². The van der Waals surface area contributed by atoms with E-state index in [2.05, 4.69) is 20.7 Å². The van der Waals surface area contributed by atoms with Gasteiger partial charge in [0.1, 0.15) is 10.6 Å². The van der Waals surface area contributed by atoms with Gasteiger partial charge in [0.05, 0.1) is 17.9 Å². The molecule has 122 valence electrons. The molecule has 2 rings (SSSR count). The van der Waals surface area contributed by atoms with Crippen LogP contribution in [0.15, 0.2) is 51.8 Å². The van der Waals surface area contributed by atoms with E-state index in [4.69, 9.17) is 9.84 Å². The molecular weight excluding hydrogens is 386 g/mol. The molecule has 0 spiro atoms. The average Bonchev–Trinajstić information content (AvgIpc) is 2.49. The van der Waals surface area contributed by atoms with Gasteiger partial charge in [0.25, 0.3) is 10.0 Å². The standard InChI is InChI=1S/C15H14BrNO5S/c1-2-22-13-8-7-10(16)9-14(13)23(20,21)17-12-6-4-3-5-11(12)15(18)19/h3-9,17H,2H2,1H3,(H,18,19). The summed E-state index contributed by atoms with van der Waals surface area (Å²) < 4.78 is 33.4. The summed E-state index contributed by atoms with van der Waals surface area (Å²) in [4.78, 5) is 11.1. The van der Waals surface area contributed by atoms with Gasteiger partial charge in [-0.15, -0.1) is 0 Å². The van der Waals surface area contributed by atoms with Gasteiger partial charge >= 0.3 is 5.97 Å². The molecule has 0 radical (unpaired) electrons. The number of carbonyl (C=O) groups is 1. The molecule has 0 saturated carbocycles. The average molecular weight is 400 g/mol. The van der Waals surface area contributed by atoms with Crippen LogP contribution in [0.1, 0.15) is 17.3 Å². The molecule has 0 aliphatic rings. The van der Waals surface area contributed by atoms with Crippen LogP contribution in [0, 0.1) is 0 Å². The number of carboxylic acid groups (broad SMARTS) is 1. The Balaban J connectivity index is 2.48. The Labute approximate surface area is 142 Å². The zero-order valence-corrected chi connectivity index (χ0v) is 14.5. The summed E-state index contributed by atoms with van der Waals surface area (Å²) in [7, 11) is -4.01. The van der Waals surface area contributed by atoms with E-state index < -0.39 is 16.0 Å². The molecule has 0 aliphatic heterocycles. The number of ether oxygens (including phenoxy) is 1. The first-order valence-electron chi connectivity index (χ1n) is 6.62. The zero-order valence-electron chi connectivity index (χ0n) is 12.1. The SMILES string of the molecule is CCOc1ccc(Br)cc1S(=O)(=O)Nc1ccccc1C(=O)O. The highest BCUT2D eigenvalue weighted by atomic mass is 79.9. The minimum atomic E-state index is -4.01. The van der Waals surface area contributed by atoms with Crippen molar-refractivity contribution in [2.45, 2.75) is 11.8 Å². The Morgan fingerprint density at radius 1 is 1.26 bits per heavy atom.